The largest absolute Gasteiger partial charge is 0.477 e. The summed E-state index contributed by atoms with van der Waals surface area (Å²) >= 11 is 2.19. The lowest BCUT2D eigenvalue weighted by Gasteiger charge is -2.49. The van der Waals surface area contributed by atoms with Crippen LogP contribution in [0.5, 0.6) is 0 Å². The van der Waals surface area contributed by atoms with Crippen LogP contribution in [-0.2, 0) is 25.8 Å². The molecule has 8 N–H and O–H groups in total. The molecule has 18 nitrogen and oxygen atoms in total. The molecule has 0 spiro atoms. The van der Waals surface area contributed by atoms with Crippen LogP contribution in [0.4, 0.5) is 9.93 Å². The van der Waals surface area contributed by atoms with Gasteiger partial charge in [0.25, 0.3) is 11.8 Å². The second-order valence-electron chi connectivity index (χ2n) is 9.53. The average Bonchev–Trinajstić information content (AvgIpc) is 3.70. The molecule has 2 atom stereocenters. The molecule has 0 aliphatic carbocycles. The minimum Gasteiger partial charge on any atom is -0.477 e. The van der Waals surface area contributed by atoms with Gasteiger partial charge in [-0.1, -0.05) is 5.16 Å². The number of H-pyrrole nitrogens is 1. The van der Waals surface area contributed by atoms with E-state index in [0.29, 0.717) is 17.0 Å². The van der Waals surface area contributed by atoms with E-state index in [9.17, 15) is 24.3 Å². The number of nitrogens with one attached hydrogen (secondary N) is 3. The fraction of sp³-hybridized carbons (Fsp3) is 0.231. The molecule has 2 unspecified atom stereocenters. The van der Waals surface area contributed by atoms with Gasteiger partial charge in [-0.25, -0.2) is 19.5 Å². The van der Waals surface area contributed by atoms with Crippen molar-refractivity contribution < 1.29 is 33.7 Å². The molecule has 1 saturated heterocycles. The van der Waals surface area contributed by atoms with Crippen LogP contribution in [0.15, 0.2) is 58.2 Å². The Balaban J connectivity index is 1.28. The number of aliphatic imine (C=N–C) groups is 1. The number of aromatic amines is 1. The number of amidine groups is 1. The number of pyridine rings is 1. The molecule has 1 fully saturated rings. The molecular formula is C26H25N12O6S2+. The van der Waals surface area contributed by atoms with Crippen molar-refractivity contribution in [3.8, 4) is 17.3 Å². The Morgan fingerprint density at radius 1 is 1.33 bits per heavy atom. The number of β-lactam (4-membered cyclic amide) rings is 1. The first kappa shape index (κ1) is 31.6. The summed E-state index contributed by atoms with van der Waals surface area (Å²) in [5.41, 5.74) is 13.5. The Kier molecular flexibility index (Phi) is 9.24. The average molecular weight is 666 g/mol. The first-order valence-corrected chi connectivity index (χ1v) is 15.1. The quantitative estimate of drug-likeness (QED) is 0.0304. The molecule has 0 saturated carbocycles. The van der Waals surface area contributed by atoms with E-state index in [1.165, 1.54) is 22.9 Å². The second-order valence-corrected chi connectivity index (χ2v) is 11.4. The fourth-order valence-corrected chi connectivity index (χ4v) is 6.36. The van der Waals surface area contributed by atoms with Crippen molar-refractivity contribution in [2.24, 2.45) is 15.9 Å². The third kappa shape index (κ3) is 6.49. The summed E-state index contributed by atoms with van der Waals surface area (Å²) < 4.78 is 5.75. The van der Waals surface area contributed by atoms with Gasteiger partial charge in [0.05, 0.1) is 5.69 Å². The molecule has 4 amide bonds. The van der Waals surface area contributed by atoms with Crippen molar-refractivity contribution in [3.63, 3.8) is 0 Å². The van der Waals surface area contributed by atoms with Crippen LogP contribution < -0.4 is 26.7 Å². The zero-order valence-corrected chi connectivity index (χ0v) is 25.5. The van der Waals surface area contributed by atoms with E-state index in [1.54, 1.807) is 48.3 Å². The highest BCUT2D eigenvalue weighted by Gasteiger charge is 2.55. The number of aliphatic carboxylic acids is 1. The minimum atomic E-state index is -1.26. The van der Waals surface area contributed by atoms with Crippen molar-refractivity contribution in [3.05, 3.63) is 59.6 Å². The summed E-state index contributed by atoms with van der Waals surface area (Å²) in [6.07, 6.45) is 6.64. The van der Waals surface area contributed by atoms with E-state index in [4.69, 9.17) is 21.6 Å². The number of carbonyl (C=O) groups is 4. The van der Waals surface area contributed by atoms with E-state index in [2.05, 4.69) is 29.8 Å². The van der Waals surface area contributed by atoms with Gasteiger partial charge in [0.1, 0.15) is 23.7 Å². The van der Waals surface area contributed by atoms with Crippen LogP contribution in [0.1, 0.15) is 18.4 Å². The number of oxime groups is 1. The highest BCUT2D eigenvalue weighted by atomic mass is 32.2. The maximum Gasteiger partial charge on any atom is 0.356 e. The summed E-state index contributed by atoms with van der Waals surface area (Å²) in [4.78, 5) is 66.7. The molecule has 0 bridgehead atoms. The van der Waals surface area contributed by atoms with E-state index in [1.807, 2.05) is 5.32 Å². The number of hydrogen-bond acceptors (Lipinski definition) is 12. The number of nitriles is 1. The maximum absolute atomic E-state index is 13.2. The molecule has 0 radical (unpaired) electrons. The lowest BCUT2D eigenvalue weighted by Crippen LogP contribution is -2.71. The smallest absolute Gasteiger partial charge is 0.356 e. The number of amides is 4. The summed E-state index contributed by atoms with van der Waals surface area (Å²) in [5, 5.41) is 26.3. The Hall–Kier alpha value is -5.81. The van der Waals surface area contributed by atoms with Crippen molar-refractivity contribution >= 4 is 63.8 Å². The van der Waals surface area contributed by atoms with Crippen molar-refractivity contribution in [2.75, 3.05) is 18.1 Å². The second kappa shape index (κ2) is 13.4. The van der Waals surface area contributed by atoms with Crippen molar-refractivity contribution in [1.29, 1.82) is 5.26 Å². The molecule has 3 aromatic heterocycles. The number of rotatable bonds is 10. The lowest BCUT2D eigenvalue weighted by molar-refractivity contribution is -0.689. The molecule has 20 heteroatoms. The summed E-state index contributed by atoms with van der Waals surface area (Å²) in [6, 6.07) is 3.38. The Bertz CT molecular complexity index is 1840. The van der Waals surface area contributed by atoms with Crippen LogP contribution in [0.2, 0.25) is 0 Å². The normalized spacial score (nSPS) is 17.9. The van der Waals surface area contributed by atoms with Crippen LogP contribution >= 0.6 is 23.3 Å². The first-order chi connectivity index (χ1) is 22.1. The number of carboxylic acid groups (broad SMARTS) is 1. The zero-order chi connectivity index (χ0) is 33.0. The van der Waals surface area contributed by atoms with Crippen LogP contribution in [-0.4, -0.2) is 83.5 Å². The highest BCUT2D eigenvalue weighted by molar-refractivity contribution is 8.00. The van der Waals surface area contributed by atoms with Gasteiger partial charge in [0.2, 0.25) is 11.5 Å². The number of aromatic nitrogens is 4. The minimum absolute atomic E-state index is 0.0548. The number of anilines is 1. The van der Waals surface area contributed by atoms with E-state index >= 15 is 0 Å². The maximum atomic E-state index is 13.2. The van der Waals surface area contributed by atoms with Crippen LogP contribution in [0, 0.1) is 11.5 Å². The molecule has 0 aromatic carbocycles. The Morgan fingerprint density at radius 2 is 2.09 bits per heavy atom. The van der Waals surface area contributed by atoms with Crippen molar-refractivity contribution in [1.82, 2.24) is 29.9 Å². The number of hydrogen-bond donors (Lipinski definition) is 6. The number of urea groups is 1. The molecule has 2 aliphatic rings. The Labute approximate surface area is 268 Å². The molecule has 236 valence electrons. The Morgan fingerprint density at radius 3 is 2.74 bits per heavy atom. The summed E-state index contributed by atoms with van der Waals surface area (Å²) in [6.45, 7) is 2.04. The predicted molar refractivity (Wildman–Crippen MR) is 163 cm³/mol. The first-order valence-electron chi connectivity index (χ1n) is 13.3. The van der Waals surface area contributed by atoms with Crippen molar-refractivity contribution in [2.45, 2.75) is 24.9 Å². The van der Waals surface area contributed by atoms with Crippen LogP contribution in [0.3, 0.4) is 0 Å². The predicted octanol–water partition coefficient (Wildman–Crippen LogP) is -0.522. The SMILES string of the molecule is CCON=C(C(=O)NC1C(=O)N2C(C(=O)O)=C(C[n+]3ccc(-c4c[nH]c(C(N)=NC(=O)NC#N)c4)cc3)CSC12)c1nsc(N)n1. The molecule has 46 heavy (non-hydrogen) atoms. The van der Waals surface area contributed by atoms with Gasteiger partial charge < -0.3 is 31.7 Å². The number of thioether (sulfide) groups is 1. The third-order valence-electron chi connectivity index (χ3n) is 6.63. The van der Waals surface area contributed by atoms with Gasteiger partial charge in [0.15, 0.2) is 36.1 Å². The monoisotopic (exact) mass is 665 g/mol. The molecule has 5 heterocycles. The highest BCUT2D eigenvalue weighted by Crippen LogP contribution is 2.40. The van der Waals surface area contributed by atoms with E-state index in [-0.39, 0.29) is 41.4 Å². The number of nitrogen functional groups attached to an aromatic ring is 1. The number of carboxylic acids is 1. The van der Waals surface area contributed by atoms with Gasteiger partial charge in [-0.15, -0.1) is 11.8 Å². The van der Waals surface area contributed by atoms with Gasteiger partial charge in [-0.3, -0.25) is 14.5 Å². The summed E-state index contributed by atoms with van der Waals surface area (Å²) in [7, 11) is 0. The number of nitrogens with zero attached hydrogens (tertiary/aromatic N) is 7. The molecule has 5 rings (SSSR count). The standard InChI is InChI=1S/C26H24N12O6S2/c1-2-44-35-16(20-34-25(29)46-36-20)21(39)32-17-22(40)38-18(24(41)42)14(10-45-23(17)38)9-37-5-3-12(4-6-37)13-7-15(30-8-13)19(28)33-26(43)31-11-27/h3-8,17,23H,2,9-10H2,1H3,(H7,28,29,31,32,33,34,36,39,41,42,43)/p+1. The zero-order valence-electron chi connectivity index (χ0n) is 23.8. The fourth-order valence-electron chi connectivity index (χ4n) is 4.59. The van der Waals surface area contributed by atoms with Gasteiger partial charge in [0, 0.05) is 46.8 Å². The number of fused-ring (bicyclic) bond motifs is 1. The van der Waals surface area contributed by atoms with Crippen LogP contribution in [0.25, 0.3) is 11.1 Å². The van der Waals surface area contributed by atoms with Gasteiger partial charge in [-0.2, -0.15) is 19.6 Å². The van der Waals surface area contributed by atoms with Gasteiger partial charge in [-0.05, 0) is 18.6 Å². The molecule has 3 aromatic rings. The molecular weight excluding hydrogens is 640 g/mol. The third-order valence-corrected chi connectivity index (χ3v) is 8.51. The summed E-state index contributed by atoms with van der Waals surface area (Å²) in [5.74, 6) is -2.48. The number of nitrogens with two attached hydrogens (primary N) is 2. The van der Waals surface area contributed by atoms with Gasteiger partial charge >= 0.3 is 12.0 Å². The number of carbonyl (C=O) groups excluding carboxylic acids is 3. The van der Waals surface area contributed by atoms with E-state index < -0.39 is 35.2 Å². The topological polar surface area (TPSA) is 271 Å². The van der Waals surface area contributed by atoms with E-state index in [0.717, 1.165) is 22.7 Å². The lowest BCUT2D eigenvalue weighted by atomic mass is 10.0. The molecule has 2 aliphatic heterocycles.